The number of hydrogen-bond acceptors (Lipinski definition) is 8. The molecular weight excluding hydrogens is 656 g/mol. The highest BCUT2D eigenvalue weighted by Gasteiger charge is 2.30. The highest BCUT2D eigenvalue weighted by Crippen LogP contribution is 2.43. The second kappa shape index (κ2) is 14.2. The van der Waals surface area contributed by atoms with Crippen LogP contribution in [-0.2, 0) is 0 Å². The van der Waals surface area contributed by atoms with Gasteiger partial charge >= 0.3 is 0 Å². The highest BCUT2D eigenvalue weighted by atomic mass is 19.1. The van der Waals surface area contributed by atoms with Gasteiger partial charge in [0, 0.05) is 41.4 Å². The zero-order chi connectivity index (χ0) is 35.5. The number of benzene rings is 3. The zero-order valence-corrected chi connectivity index (χ0v) is 26.4. The standard InChI is InChI=1S/C19H12F2N2O3.C18H18F2N2O2/c20-10-4-5-11(14(21)8-10)18(24)12-6-7-23-17(16(12)22)13-2-1-3-15-19(13)26-9-25-15;19-12-6-7-13(15(20)10-12)18(23)14-8-9-22(24)17(16(14)21)11-4-2-1-3-5-11/h1-8H,9,22H2;6-11H,1-5,21H2. The number of nitrogens with two attached hydrogens (primary N) is 2. The molecule has 2 aromatic heterocycles. The summed E-state index contributed by atoms with van der Waals surface area (Å²) in [4.78, 5) is 29.5. The number of hydrogen-bond donors (Lipinski definition) is 2. The average Bonchev–Trinajstić information content (AvgIpc) is 3.58. The average molecular weight is 687 g/mol. The number of fused-ring (bicyclic) bond motifs is 1. The third-order valence-electron chi connectivity index (χ3n) is 8.65. The first-order chi connectivity index (χ1) is 24.0. The van der Waals surface area contributed by atoms with Crippen LogP contribution in [0.2, 0.25) is 0 Å². The summed E-state index contributed by atoms with van der Waals surface area (Å²) in [6.07, 6.45) is 7.45. The summed E-state index contributed by atoms with van der Waals surface area (Å²) >= 11 is 0. The number of anilines is 2. The molecule has 0 unspecified atom stereocenters. The molecule has 0 spiro atoms. The van der Waals surface area contributed by atoms with Gasteiger partial charge in [-0.1, -0.05) is 25.3 Å². The van der Waals surface area contributed by atoms with Gasteiger partial charge in [-0.15, -0.1) is 0 Å². The minimum atomic E-state index is -0.954. The van der Waals surface area contributed by atoms with Gasteiger partial charge in [0.15, 0.2) is 29.3 Å². The molecule has 1 fully saturated rings. The molecule has 3 heterocycles. The van der Waals surface area contributed by atoms with Crippen molar-refractivity contribution in [3.63, 3.8) is 0 Å². The molecule has 5 aromatic rings. The van der Waals surface area contributed by atoms with E-state index in [0.717, 1.165) is 56.4 Å². The lowest BCUT2D eigenvalue weighted by atomic mass is 9.85. The fourth-order valence-electron chi connectivity index (χ4n) is 6.18. The number of carbonyl (C=O) groups is 2. The van der Waals surface area contributed by atoms with Crippen LogP contribution in [0.1, 0.15) is 75.6 Å². The Bertz CT molecular complexity index is 2120. The quantitative estimate of drug-likeness (QED) is 0.0839. The van der Waals surface area contributed by atoms with Gasteiger partial charge in [0.2, 0.25) is 12.5 Å². The normalized spacial score (nSPS) is 13.8. The van der Waals surface area contributed by atoms with E-state index in [4.69, 9.17) is 20.9 Å². The fourth-order valence-corrected chi connectivity index (χ4v) is 6.18. The summed E-state index contributed by atoms with van der Waals surface area (Å²) in [7, 11) is 0. The van der Waals surface area contributed by atoms with Gasteiger partial charge in [0.25, 0.3) is 0 Å². The van der Waals surface area contributed by atoms with Crippen LogP contribution in [-0.4, -0.2) is 23.3 Å². The molecule has 1 aliphatic carbocycles. The van der Waals surface area contributed by atoms with Crippen molar-refractivity contribution in [3.05, 3.63) is 136 Å². The maximum Gasteiger partial charge on any atom is 0.231 e. The SMILES string of the molecule is Nc1c(C(=O)c2ccc(F)cc2F)cc[n+]([O-])c1C1CCCCC1.Nc1c(C(=O)c2ccc(F)cc2F)ccnc1-c1cccc2c1OCO2. The van der Waals surface area contributed by atoms with Gasteiger partial charge in [0.1, 0.15) is 29.0 Å². The first-order valence-corrected chi connectivity index (χ1v) is 15.7. The molecule has 256 valence electrons. The van der Waals surface area contributed by atoms with Crippen molar-refractivity contribution in [3.8, 4) is 22.8 Å². The monoisotopic (exact) mass is 686 g/mol. The molecule has 50 heavy (non-hydrogen) atoms. The smallest absolute Gasteiger partial charge is 0.231 e. The van der Waals surface area contributed by atoms with E-state index in [9.17, 15) is 32.4 Å². The molecule has 1 aliphatic heterocycles. The molecule has 9 nitrogen and oxygen atoms in total. The molecule has 0 bridgehead atoms. The van der Waals surface area contributed by atoms with E-state index < -0.39 is 34.8 Å². The number of ketones is 2. The Kier molecular flexibility index (Phi) is 9.66. The van der Waals surface area contributed by atoms with Crippen molar-refractivity contribution >= 4 is 22.9 Å². The van der Waals surface area contributed by atoms with Crippen LogP contribution in [0.5, 0.6) is 11.5 Å². The number of nitrogens with zero attached hydrogens (tertiary/aromatic N) is 2. The first kappa shape index (κ1) is 33.9. The van der Waals surface area contributed by atoms with E-state index in [0.29, 0.717) is 45.3 Å². The second-order valence-electron chi connectivity index (χ2n) is 11.8. The third kappa shape index (κ3) is 6.66. The van der Waals surface area contributed by atoms with Gasteiger partial charge in [-0.3, -0.25) is 14.6 Å². The Morgan fingerprint density at radius 3 is 2.00 bits per heavy atom. The maximum absolute atomic E-state index is 14.0. The van der Waals surface area contributed by atoms with Gasteiger partial charge in [0.05, 0.1) is 28.1 Å². The molecule has 2 aliphatic rings. The van der Waals surface area contributed by atoms with E-state index >= 15 is 0 Å². The van der Waals surface area contributed by atoms with Crippen LogP contribution < -0.4 is 25.7 Å². The number of para-hydroxylation sites is 1. The predicted molar refractivity (Wildman–Crippen MR) is 175 cm³/mol. The summed E-state index contributed by atoms with van der Waals surface area (Å²) in [5.74, 6) is -3.71. The van der Waals surface area contributed by atoms with Crippen LogP contribution >= 0.6 is 0 Å². The number of carbonyl (C=O) groups excluding carboxylic acids is 2. The van der Waals surface area contributed by atoms with Gasteiger partial charge < -0.3 is 26.1 Å². The second-order valence-corrected chi connectivity index (χ2v) is 11.8. The Hall–Kier alpha value is -5.98. The lowest BCUT2D eigenvalue weighted by Gasteiger charge is -2.22. The van der Waals surface area contributed by atoms with Crippen LogP contribution in [0, 0.1) is 28.5 Å². The number of nitrogen functional groups attached to an aromatic ring is 2. The third-order valence-corrected chi connectivity index (χ3v) is 8.65. The molecule has 0 atom stereocenters. The largest absolute Gasteiger partial charge is 0.618 e. The fraction of sp³-hybridized carbons (Fsp3) is 0.189. The number of aromatic nitrogens is 2. The number of ether oxygens (including phenoxy) is 2. The lowest BCUT2D eigenvalue weighted by molar-refractivity contribution is -0.615. The van der Waals surface area contributed by atoms with Crippen LogP contribution in [0.25, 0.3) is 11.3 Å². The Morgan fingerprint density at radius 2 is 1.38 bits per heavy atom. The topological polar surface area (TPSA) is 144 Å². The first-order valence-electron chi connectivity index (χ1n) is 15.7. The van der Waals surface area contributed by atoms with Crippen molar-refractivity contribution in [2.45, 2.75) is 38.0 Å². The molecule has 7 rings (SSSR count). The predicted octanol–water partition coefficient (Wildman–Crippen LogP) is 7.03. The van der Waals surface area contributed by atoms with Gasteiger partial charge in [-0.2, -0.15) is 4.73 Å². The Balaban J connectivity index is 0.000000174. The Morgan fingerprint density at radius 1 is 0.760 bits per heavy atom. The molecule has 0 saturated heterocycles. The van der Waals surface area contributed by atoms with E-state index in [1.807, 2.05) is 0 Å². The summed E-state index contributed by atoms with van der Waals surface area (Å²) in [6.45, 7) is 0.0751. The van der Waals surface area contributed by atoms with Gasteiger partial charge in [-0.25, -0.2) is 17.6 Å². The lowest BCUT2D eigenvalue weighted by Crippen LogP contribution is -2.36. The van der Waals surface area contributed by atoms with E-state index in [-0.39, 0.29) is 46.3 Å². The molecule has 0 amide bonds. The van der Waals surface area contributed by atoms with Gasteiger partial charge in [-0.05, 0) is 55.3 Å². The molecular formula is C37H30F4N4O5. The molecule has 4 N–H and O–H groups in total. The summed E-state index contributed by atoms with van der Waals surface area (Å²) in [6, 6.07) is 13.4. The molecule has 13 heteroatoms. The van der Waals surface area contributed by atoms with E-state index in [2.05, 4.69) is 4.98 Å². The minimum absolute atomic E-state index is 0.00191. The van der Waals surface area contributed by atoms with Crippen LogP contribution in [0.4, 0.5) is 28.9 Å². The van der Waals surface area contributed by atoms with Crippen LogP contribution in [0.15, 0.2) is 79.1 Å². The van der Waals surface area contributed by atoms with Crippen molar-refractivity contribution in [1.82, 2.24) is 4.98 Å². The van der Waals surface area contributed by atoms with Crippen molar-refractivity contribution in [2.24, 2.45) is 0 Å². The van der Waals surface area contributed by atoms with Crippen LogP contribution in [0.3, 0.4) is 0 Å². The summed E-state index contributed by atoms with van der Waals surface area (Å²) < 4.78 is 65.5. The molecule has 3 aromatic carbocycles. The number of rotatable bonds is 6. The maximum atomic E-state index is 14.0. The number of halogens is 4. The molecule has 1 saturated carbocycles. The minimum Gasteiger partial charge on any atom is -0.618 e. The van der Waals surface area contributed by atoms with Crippen molar-refractivity contribution < 1.29 is 41.4 Å². The van der Waals surface area contributed by atoms with Crippen molar-refractivity contribution in [2.75, 3.05) is 18.3 Å². The zero-order valence-electron chi connectivity index (χ0n) is 26.4. The summed E-state index contributed by atoms with van der Waals surface area (Å²) in [5.41, 5.74) is 13.3. The number of pyridine rings is 2. The van der Waals surface area contributed by atoms with Crippen molar-refractivity contribution in [1.29, 1.82) is 0 Å². The van der Waals surface area contributed by atoms with E-state index in [1.54, 1.807) is 18.2 Å². The highest BCUT2D eigenvalue weighted by molar-refractivity contribution is 6.14. The van der Waals surface area contributed by atoms with E-state index in [1.165, 1.54) is 24.5 Å². The Labute approximate surface area is 283 Å². The summed E-state index contributed by atoms with van der Waals surface area (Å²) in [5, 5.41) is 12.2. The molecule has 0 radical (unpaired) electrons.